The van der Waals surface area contributed by atoms with E-state index >= 15 is 0 Å². The maximum atomic E-state index is 9.59. The molecule has 0 amide bonds. The van der Waals surface area contributed by atoms with E-state index in [0.29, 0.717) is 0 Å². The lowest BCUT2D eigenvalue weighted by atomic mass is 10.5. The highest BCUT2D eigenvalue weighted by molar-refractivity contribution is 9.10. The molecular formula is C3H4BrO2. The van der Waals surface area contributed by atoms with E-state index in [1.807, 2.05) is 0 Å². The lowest BCUT2D eigenvalue weighted by Gasteiger charge is -1.86. The Labute approximate surface area is 44.3 Å². The Morgan fingerprint density at radius 2 is 2.17 bits per heavy atom. The van der Waals surface area contributed by atoms with E-state index in [9.17, 15) is 4.79 Å². The zero-order valence-electron chi connectivity index (χ0n) is 3.02. The minimum atomic E-state index is -0.935. The van der Waals surface area contributed by atoms with Gasteiger partial charge in [-0.05, 0) is 6.92 Å². The summed E-state index contributed by atoms with van der Waals surface area (Å²) in [6.45, 7) is 3.16. The Bertz CT molecular complexity index is 59.8. The van der Waals surface area contributed by atoms with Crippen LogP contribution in [0.2, 0.25) is 0 Å². The highest BCUT2D eigenvalue weighted by Gasteiger charge is 2.01. The average Bonchev–Trinajstić information content (AvgIpc) is 1.36. The first-order chi connectivity index (χ1) is 2.64. The standard InChI is InChI=1S/C3H4BrO2/c1-2(4)3(5)6/h2H,1H2,(H,5,6). The monoisotopic (exact) mass is 151 g/mol. The minimum Gasteiger partial charge on any atom is -0.480 e. The second-order valence-electron chi connectivity index (χ2n) is 0.806. The number of carbonyl (C=O) groups is 1. The number of rotatable bonds is 1. The van der Waals surface area contributed by atoms with Crippen LogP contribution in [0.15, 0.2) is 0 Å². The van der Waals surface area contributed by atoms with E-state index in [2.05, 4.69) is 22.9 Å². The fraction of sp³-hybridized carbons (Fsp3) is 0.333. The van der Waals surface area contributed by atoms with Crippen molar-refractivity contribution < 1.29 is 9.90 Å². The minimum absolute atomic E-state index is 0.669. The number of carboxylic acid groups (broad SMARTS) is 1. The summed E-state index contributed by atoms with van der Waals surface area (Å²) in [4.78, 5) is 8.92. The van der Waals surface area contributed by atoms with Gasteiger partial charge in [-0.3, -0.25) is 4.79 Å². The quantitative estimate of drug-likeness (QED) is 0.560. The summed E-state index contributed by atoms with van der Waals surface area (Å²) in [5.41, 5.74) is 0. The van der Waals surface area contributed by atoms with Crippen molar-refractivity contribution in [1.29, 1.82) is 0 Å². The molecule has 1 N–H and O–H groups in total. The Morgan fingerprint density at radius 1 is 2.00 bits per heavy atom. The summed E-state index contributed by atoms with van der Waals surface area (Å²) < 4.78 is 0. The molecule has 0 saturated carbocycles. The predicted molar refractivity (Wildman–Crippen MR) is 25.7 cm³/mol. The molecule has 0 spiro atoms. The number of carboxylic acids is 1. The maximum Gasteiger partial charge on any atom is 0.317 e. The number of hydrogen-bond acceptors (Lipinski definition) is 1. The first kappa shape index (κ1) is 5.95. The van der Waals surface area contributed by atoms with Crippen molar-refractivity contribution in [2.75, 3.05) is 0 Å². The van der Waals surface area contributed by atoms with E-state index in [1.54, 1.807) is 0 Å². The summed E-state index contributed by atoms with van der Waals surface area (Å²) in [7, 11) is 0. The van der Waals surface area contributed by atoms with E-state index < -0.39 is 10.8 Å². The summed E-state index contributed by atoms with van der Waals surface area (Å²) in [6.07, 6.45) is 0. The molecule has 0 bridgehead atoms. The van der Waals surface area contributed by atoms with Crippen LogP contribution in [0.3, 0.4) is 0 Å². The molecule has 0 aliphatic heterocycles. The molecule has 35 valence electrons. The van der Waals surface area contributed by atoms with Crippen LogP contribution in [0, 0.1) is 6.92 Å². The fourth-order valence-corrected chi connectivity index (χ4v) is 0. The lowest BCUT2D eigenvalue weighted by Crippen LogP contribution is -2.06. The molecule has 1 unspecified atom stereocenters. The van der Waals surface area contributed by atoms with Gasteiger partial charge in [0.25, 0.3) is 0 Å². The number of alkyl halides is 1. The van der Waals surface area contributed by atoms with Crippen molar-refractivity contribution in [3.63, 3.8) is 0 Å². The molecule has 2 nitrogen and oxygen atoms in total. The van der Waals surface area contributed by atoms with Crippen LogP contribution >= 0.6 is 15.9 Å². The summed E-state index contributed by atoms with van der Waals surface area (Å²) in [5, 5.41) is 7.88. The predicted octanol–water partition coefficient (Wildman–Crippen LogP) is 0.669. The van der Waals surface area contributed by atoms with Crippen LogP contribution in [0.4, 0.5) is 0 Å². The number of halogens is 1. The molecule has 0 fully saturated rings. The van der Waals surface area contributed by atoms with Gasteiger partial charge in [0.2, 0.25) is 0 Å². The smallest absolute Gasteiger partial charge is 0.317 e. The topological polar surface area (TPSA) is 37.3 Å². The number of aliphatic carboxylic acids is 1. The van der Waals surface area contributed by atoms with Gasteiger partial charge in [-0.25, -0.2) is 0 Å². The SMILES string of the molecule is [CH2]C(Br)C(=O)O. The van der Waals surface area contributed by atoms with Gasteiger partial charge in [0.1, 0.15) is 4.83 Å². The van der Waals surface area contributed by atoms with Crippen LogP contribution in [0.25, 0.3) is 0 Å². The van der Waals surface area contributed by atoms with Crippen molar-refractivity contribution in [3.8, 4) is 0 Å². The molecule has 0 aliphatic rings. The average molecular weight is 152 g/mol. The van der Waals surface area contributed by atoms with Gasteiger partial charge in [0.05, 0.1) is 0 Å². The molecule has 6 heavy (non-hydrogen) atoms. The second kappa shape index (κ2) is 2.18. The summed E-state index contributed by atoms with van der Waals surface area (Å²) in [5.74, 6) is -0.935. The second-order valence-corrected chi connectivity index (χ2v) is 1.91. The highest BCUT2D eigenvalue weighted by Crippen LogP contribution is 1.93. The third kappa shape index (κ3) is 2.20. The van der Waals surface area contributed by atoms with Crippen molar-refractivity contribution in [2.45, 2.75) is 4.83 Å². The number of hydrogen-bond donors (Lipinski definition) is 1. The van der Waals surface area contributed by atoms with E-state index in [1.165, 1.54) is 0 Å². The molecule has 0 saturated heterocycles. The first-order valence-electron chi connectivity index (χ1n) is 1.34. The van der Waals surface area contributed by atoms with Gasteiger partial charge in [-0.1, -0.05) is 15.9 Å². The van der Waals surface area contributed by atoms with Gasteiger partial charge in [0.15, 0.2) is 0 Å². The van der Waals surface area contributed by atoms with Gasteiger partial charge >= 0.3 is 5.97 Å². The van der Waals surface area contributed by atoms with E-state index in [4.69, 9.17) is 5.11 Å². The van der Waals surface area contributed by atoms with Gasteiger partial charge in [-0.2, -0.15) is 0 Å². The molecular weight excluding hydrogens is 148 g/mol. The summed E-state index contributed by atoms with van der Waals surface area (Å²) >= 11 is 2.73. The van der Waals surface area contributed by atoms with Gasteiger partial charge < -0.3 is 5.11 Å². The van der Waals surface area contributed by atoms with E-state index in [0.717, 1.165) is 0 Å². The van der Waals surface area contributed by atoms with Crippen LogP contribution < -0.4 is 0 Å². The Hall–Kier alpha value is -0.0500. The van der Waals surface area contributed by atoms with Crippen LogP contribution in [-0.4, -0.2) is 15.9 Å². The highest BCUT2D eigenvalue weighted by atomic mass is 79.9. The normalized spacial score (nSPS) is 13.7. The van der Waals surface area contributed by atoms with E-state index in [-0.39, 0.29) is 0 Å². The molecule has 0 aromatic heterocycles. The zero-order chi connectivity index (χ0) is 5.15. The van der Waals surface area contributed by atoms with Crippen molar-refractivity contribution in [3.05, 3.63) is 6.92 Å². The Balaban J connectivity index is 3.26. The molecule has 1 radical (unpaired) electrons. The molecule has 0 heterocycles. The largest absolute Gasteiger partial charge is 0.480 e. The third-order valence-electron chi connectivity index (χ3n) is 0.268. The third-order valence-corrected chi connectivity index (χ3v) is 0.660. The molecule has 0 aliphatic carbocycles. The Kier molecular flexibility index (Phi) is 2.16. The maximum absolute atomic E-state index is 9.59. The van der Waals surface area contributed by atoms with Gasteiger partial charge in [0, 0.05) is 0 Å². The van der Waals surface area contributed by atoms with Crippen LogP contribution in [-0.2, 0) is 4.79 Å². The first-order valence-corrected chi connectivity index (χ1v) is 2.26. The molecule has 0 aromatic rings. The molecule has 0 rings (SSSR count). The van der Waals surface area contributed by atoms with Crippen molar-refractivity contribution in [2.24, 2.45) is 0 Å². The van der Waals surface area contributed by atoms with Gasteiger partial charge in [-0.15, -0.1) is 0 Å². The Morgan fingerprint density at radius 3 is 2.17 bits per heavy atom. The van der Waals surface area contributed by atoms with Crippen molar-refractivity contribution >= 4 is 21.9 Å². The molecule has 0 aromatic carbocycles. The zero-order valence-corrected chi connectivity index (χ0v) is 4.60. The van der Waals surface area contributed by atoms with Crippen molar-refractivity contribution in [1.82, 2.24) is 0 Å². The molecule has 3 heteroatoms. The summed E-state index contributed by atoms with van der Waals surface area (Å²) in [6, 6.07) is 0. The van der Waals surface area contributed by atoms with Crippen LogP contribution in [0.5, 0.6) is 0 Å². The van der Waals surface area contributed by atoms with Crippen LogP contribution in [0.1, 0.15) is 0 Å². The fourth-order valence-electron chi connectivity index (χ4n) is 0. The lowest BCUT2D eigenvalue weighted by molar-refractivity contribution is -0.135. The molecule has 1 atom stereocenters.